The molecule has 0 radical (unpaired) electrons. The van der Waals surface area contributed by atoms with E-state index in [1.165, 1.54) is 25.9 Å². The Labute approximate surface area is 145 Å². The monoisotopic (exact) mass is 333 g/mol. The summed E-state index contributed by atoms with van der Waals surface area (Å²) in [4.78, 5) is 2.53. The second-order valence-electron chi connectivity index (χ2n) is 6.32. The lowest BCUT2D eigenvalue weighted by Gasteiger charge is -2.31. The van der Waals surface area contributed by atoms with Gasteiger partial charge in [0.25, 0.3) is 0 Å². The Hall–Kier alpha value is -1.72. The summed E-state index contributed by atoms with van der Waals surface area (Å²) in [5, 5.41) is 2.97. The predicted molar refractivity (Wildman–Crippen MR) is 99.2 cm³/mol. The summed E-state index contributed by atoms with van der Waals surface area (Å²) >= 11 is 0. The van der Waals surface area contributed by atoms with E-state index >= 15 is 0 Å². The van der Waals surface area contributed by atoms with Crippen molar-refractivity contribution >= 4 is 5.69 Å². The first-order chi connectivity index (χ1) is 11.7. The topological polar surface area (TPSA) is 59.8 Å². The molecule has 1 aromatic rings. The molecule has 5 nitrogen and oxygen atoms in total. The minimum Gasteiger partial charge on any atom is -0.494 e. The maximum absolute atomic E-state index is 5.80. The lowest BCUT2D eigenvalue weighted by atomic mass is 9.98. The second kappa shape index (κ2) is 10.2. The molecule has 0 atom stereocenters. The Bertz CT molecular complexity index is 482. The third-order valence-electron chi connectivity index (χ3n) is 4.31. The number of nitrogens with zero attached hydrogens (tertiary/aromatic N) is 1. The maximum atomic E-state index is 5.80. The summed E-state index contributed by atoms with van der Waals surface area (Å²) in [7, 11) is 0. The van der Waals surface area contributed by atoms with Crippen LogP contribution in [0, 0.1) is 5.92 Å². The van der Waals surface area contributed by atoms with Crippen LogP contribution in [0.25, 0.3) is 0 Å². The fourth-order valence-electron chi connectivity index (χ4n) is 2.96. The van der Waals surface area contributed by atoms with Crippen LogP contribution in [0.2, 0.25) is 0 Å². The summed E-state index contributed by atoms with van der Waals surface area (Å²) in [5.41, 5.74) is 6.44. The molecule has 5 heteroatoms. The van der Waals surface area contributed by atoms with Gasteiger partial charge in [-0.1, -0.05) is 6.58 Å². The molecule has 3 N–H and O–H groups in total. The third-order valence-corrected chi connectivity index (χ3v) is 4.31. The van der Waals surface area contributed by atoms with Crippen LogP contribution >= 0.6 is 0 Å². The molecule has 1 saturated heterocycles. The first-order valence-electron chi connectivity index (χ1n) is 8.91. The van der Waals surface area contributed by atoms with Crippen molar-refractivity contribution in [3.8, 4) is 5.75 Å². The minimum absolute atomic E-state index is 0.439. The van der Waals surface area contributed by atoms with Gasteiger partial charge < -0.3 is 25.4 Å². The quantitative estimate of drug-likeness (QED) is 0.645. The zero-order chi connectivity index (χ0) is 17.2. The SMILES string of the molecule is C=C(N)Nc1ccc(OCCCN2CCC(COCC)CC2)cc1. The van der Waals surface area contributed by atoms with Crippen LogP contribution in [0.4, 0.5) is 5.69 Å². The van der Waals surface area contributed by atoms with Crippen molar-refractivity contribution in [1.82, 2.24) is 4.90 Å². The molecule has 1 aliphatic rings. The van der Waals surface area contributed by atoms with Crippen molar-refractivity contribution in [1.29, 1.82) is 0 Å². The minimum atomic E-state index is 0.439. The molecule has 1 heterocycles. The van der Waals surface area contributed by atoms with Crippen LogP contribution in [0.15, 0.2) is 36.7 Å². The maximum Gasteiger partial charge on any atom is 0.119 e. The van der Waals surface area contributed by atoms with E-state index in [2.05, 4.69) is 23.7 Å². The zero-order valence-electron chi connectivity index (χ0n) is 14.8. The molecule has 1 fully saturated rings. The lowest BCUT2D eigenvalue weighted by molar-refractivity contribution is 0.0728. The van der Waals surface area contributed by atoms with Crippen molar-refractivity contribution in [2.75, 3.05) is 44.8 Å². The van der Waals surface area contributed by atoms with E-state index in [-0.39, 0.29) is 0 Å². The van der Waals surface area contributed by atoms with Crippen LogP contribution in [0.1, 0.15) is 26.2 Å². The predicted octanol–water partition coefficient (Wildman–Crippen LogP) is 3.05. The highest BCUT2D eigenvalue weighted by molar-refractivity contribution is 5.49. The van der Waals surface area contributed by atoms with E-state index in [1.54, 1.807) is 0 Å². The molecule has 1 aromatic carbocycles. The Morgan fingerprint density at radius 2 is 2.00 bits per heavy atom. The first kappa shape index (κ1) is 18.6. The van der Waals surface area contributed by atoms with Gasteiger partial charge in [-0.2, -0.15) is 0 Å². The standard InChI is InChI=1S/C19H31N3O2/c1-3-23-15-17-9-12-22(13-10-17)11-4-14-24-19-7-5-18(6-8-19)21-16(2)20/h5-8,17,21H,2-4,9-15,20H2,1H3. The third kappa shape index (κ3) is 6.81. The Kier molecular flexibility index (Phi) is 7.92. The van der Waals surface area contributed by atoms with Gasteiger partial charge in [-0.25, -0.2) is 0 Å². The highest BCUT2D eigenvalue weighted by Crippen LogP contribution is 2.18. The normalized spacial score (nSPS) is 16.0. The molecule has 1 aliphatic heterocycles. The molecule has 0 amide bonds. The van der Waals surface area contributed by atoms with E-state index in [0.717, 1.165) is 50.1 Å². The number of nitrogens with two attached hydrogens (primary N) is 1. The van der Waals surface area contributed by atoms with Crippen molar-refractivity contribution in [3.05, 3.63) is 36.7 Å². The number of anilines is 1. The largest absolute Gasteiger partial charge is 0.494 e. The van der Waals surface area contributed by atoms with Crippen LogP contribution < -0.4 is 15.8 Å². The van der Waals surface area contributed by atoms with Gasteiger partial charge in [0.1, 0.15) is 5.75 Å². The van der Waals surface area contributed by atoms with Crippen LogP contribution in [-0.2, 0) is 4.74 Å². The number of hydrogen-bond acceptors (Lipinski definition) is 5. The number of piperidine rings is 1. The highest BCUT2D eigenvalue weighted by atomic mass is 16.5. The van der Waals surface area contributed by atoms with Crippen molar-refractivity contribution < 1.29 is 9.47 Å². The first-order valence-corrected chi connectivity index (χ1v) is 8.91. The van der Waals surface area contributed by atoms with Crippen molar-refractivity contribution in [2.45, 2.75) is 26.2 Å². The van der Waals surface area contributed by atoms with E-state index < -0.39 is 0 Å². The molecule has 24 heavy (non-hydrogen) atoms. The molecule has 0 aliphatic carbocycles. The van der Waals surface area contributed by atoms with Crippen molar-refractivity contribution in [2.24, 2.45) is 11.7 Å². The van der Waals surface area contributed by atoms with Gasteiger partial charge in [0.2, 0.25) is 0 Å². The molecular weight excluding hydrogens is 302 g/mol. The van der Waals surface area contributed by atoms with Gasteiger partial charge in [0.15, 0.2) is 0 Å². The number of hydrogen-bond donors (Lipinski definition) is 2. The molecule has 0 aromatic heterocycles. The molecule has 0 unspecified atom stereocenters. The average Bonchev–Trinajstić information content (AvgIpc) is 2.59. The Morgan fingerprint density at radius 3 is 2.62 bits per heavy atom. The molecule has 134 valence electrons. The second-order valence-corrected chi connectivity index (χ2v) is 6.32. The van der Waals surface area contributed by atoms with E-state index in [0.29, 0.717) is 5.82 Å². The Balaban J connectivity index is 1.57. The molecule has 2 rings (SSSR count). The summed E-state index contributed by atoms with van der Waals surface area (Å²) in [6.45, 7) is 11.7. The van der Waals surface area contributed by atoms with Crippen LogP contribution in [0.5, 0.6) is 5.75 Å². The fraction of sp³-hybridized carbons (Fsp3) is 0.579. The summed E-state index contributed by atoms with van der Waals surface area (Å²) in [6, 6.07) is 7.78. The Morgan fingerprint density at radius 1 is 1.29 bits per heavy atom. The van der Waals surface area contributed by atoms with Gasteiger partial charge in [0.05, 0.1) is 12.4 Å². The highest BCUT2D eigenvalue weighted by Gasteiger charge is 2.18. The van der Waals surface area contributed by atoms with Gasteiger partial charge in [-0.15, -0.1) is 0 Å². The van der Waals surface area contributed by atoms with Gasteiger partial charge >= 0.3 is 0 Å². The van der Waals surface area contributed by atoms with E-state index in [1.807, 2.05) is 24.3 Å². The van der Waals surface area contributed by atoms with Gasteiger partial charge in [0, 0.05) is 25.4 Å². The summed E-state index contributed by atoms with van der Waals surface area (Å²) in [6.07, 6.45) is 3.55. The summed E-state index contributed by atoms with van der Waals surface area (Å²) in [5.74, 6) is 2.07. The number of likely N-dealkylation sites (tertiary alicyclic amines) is 1. The number of benzene rings is 1. The average molecular weight is 333 g/mol. The zero-order valence-corrected chi connectivity index (χ0v) is 14.8. The van der Waals surface area contributed by atoms with E-state index in [9.17, 15) is 0 Å². The van der Waals surface area contributed by atoms with Crippen LogP contribution in [0.3, 0.4) is 0 Å². The fourth-order valence-corrected chi connectivity index (χ4v) is 2.96. The number of ether oxygens (including phenoxy) is 2. The van der Waals surface area contributed by atoms with Crippen molar-refractivity contribution in [3.63, 3.8) is 0 Å². The molecule has 0 bridgehead atoms. The molecule has 0 saturated carbocycles. The molecular formula is C19H31N3O2. The number of nitrogens with one attached hydrogen (secondary N) is 1. The lowest BCUT2D eigenvalue weighted by Crippen LogP contribution is -2.36. The van der Waals surface area contributed by atoms with E-state index in [4.69, 9.17) is 15.2 Å². The van der Waals surface area contributed by atoms with Gasteiger partial charge in [-0.3, -0.25) is 0 Å². The van der Waals surface area contributed by atoms with Gasteiger partial charge in [-0.05, 0) is 69.5 Å². The smallest absolute Gasteiger partial charge is 0.119 e. The summed E-state index contributed by atoms with van der Waals surface area (Å²) < 4.78 is 11.3. The van der Waals surface area contributed by atoms with Crippen LogP contribution in [-0.4, -0.2) is 44.4 Å². The number of rotatable bonds is 10. The molecule has 0 spiro atoms.